The van der Waals surface area contributed by atoms with Crippen LogP contribution in [0.25, 0.3) is 0 Å². The Bertz CT molecular complexity index is 436. The minimum atomic E-state index is 0.514. The Morgan fingerprint density at radius 2 is 2.11 bits per heavy atom. The van der Waals surface area contributed by atoms with Crippen molar-refractivity contribution in [3.63, 3.8) is 0 Å². The number of hydrogen-bond acceptors (Lipinski definition) is 1. The Hall–Kier alpha value is -0.340. The molecule has 1 aromatic rings. The van der Waals surface area contributed by atoms with E-state index in [1.807, 2.05) is 0 Å². The van der Waals surface area contributed by atoms with Crippen LogP contribution in [-0.4, -0.2) is 7.05 Å². The molecule has 4 atom stereocenters. The molecule has 4 unspecified atom stereocenters. The summed E-state index contributed by atoms with van der Waals surface area (Å²) in [6.07, 6.45) is 7.30. The molecule has 1 N–H and O–H groups in total. The van der Waals surface area contributed by atoms with Gasteiger partial charge in [-0.05, 0) is 80.7 Å². The molecule has 2 saturated carbocycles. The fourth-order valence-corrected chi connectivity index (χ4v) is 4.98. The fraction of sp³-hybridized carbons (Fsp3) is 0.647. The molecular weight excluding hydrogens is 298 g/mol. The Balaban J connectivity index is 1.73. The second-order valence-corrected chi connectivity index (χ2v) is 7.49. The van der Waals surface area contributed by atoms with Crippen molar-refractivity contribution >= 4 is 15.9 Å². The van der Waals surface area contributed by atoms with E-state index in [0.717, 1.165) is 17.8 Å². The van der Waals surface area contributed by atoms with Gasteiger partial charge in [-0.2, -0.15) is 0 Å². The Kier molecular flexibility index (Phi) is 4.00. The Morgan fingerprint density at radius 1 is 1.26 bits per heavy atom. The number of hydrogen-bond donors (Lipinski definition) is 1. The van der Waals surface area contributed by atoms with Gasteiger partial charge in [-0.15, -0.1) is 0 Å². The standard InChI is InChI=1S/C17H24BrN/c1-11-5-15(9-16(18)6-11)17(19-2)10-14-8-12-3-4-13(14)7-12/h5-6,9,12-14,17,19H,3-4,7-8,10H2,1-2H3. The van der Waals surface area contributed by atoms with E-state index in [1.165, 1.54) is 47.7 Å². The Labute approximate surface area is 125 Å². The van der Waals surface area contributed by atoms with Gasteiger partial charge in [-0.3, -0.25) is 0 Å². The maximum atomic E-state index is 3.63. The van der Waals surface area contributed by atoms with Crippen molar-refractivity contribution in [3.8, 4) is 0 Å². The van der Waals surface area contributed by atoms with Gasteiger partial charge in [0, 0.05) is 10.5 Å². The lowest BCUT2D eigenvalue weighted by molar-refractivity contribution is 0.284. The topological polar surface area (TPSA) is 12.0 Å². The third kappa shape index (κ3) is 2.90. The summed E-state index contributed by atoms with van der Waals surface area (Å²) < 4.78 is 1.20. The predicted molar refractivity (Wildman–Crippen MR) is 84.2 cm³/mol. The molecule has 2 fully saturated rings. The van der Waals surface area contributed by atoms with Crippen LogP contribution in [0.1, 0.15) is 49.3 Å². The second-order valence-electron chi connectivity index (χ2n) is 6.57. The molecule has 2 aliphatic rings. The van der Waals surface area contributed by atoms with Crippen molar-refractivity contribution in [3.05, 3.63) is 33.8 Å². The molecular formula is C17H24BrN. The molecule has 2 bridgehead atoms. The molecule has 104 valence electrons. The molecule has 2 aliphatic carbocycles. The number of aryl methyl sites for hydroxylation is 1. The molecule has 0 amide bonds. The van der Waals surface area contributed by atoms with Gasteiger partial charge in [0.1, 0.15) is 0 Å². The van der Waals surface area contributed by atoms with E-state index in [-0.39, 0.29) is 0 Å². The molecule has 0 radical (unpaired) electrons. The first-order valence-corrected chi connectivity index (χ1v) is 8.39. The normalized spacial score (nSPS) is 30.8. The summed E-state index contributed by atoms with van der Waals surface area (Å²) in [6, 6.07) is 7.31. The highest BCUT2D eigenvalue weighted by atomic mass is 79.9. The molecule has 0 saturated heterocycles. The molecule has 0 heterocycles. The number of nitrogens with one attached hydrogen (secondary N) is 1. The third-order valence-corrected chi connectivity index (χ3v) is 5.70. The van der Waals surface area contributed by atoms with E-state index in [9.17, 15) is 0 Å². The van der Waals surface area contributed by atoms with Crippen molar-refractivity contribution in [2.24, 2.45) is 17.8 Å². The highest BCUT2D eigenvalue weighted by Crippen LogP contribution is 2.50. The van der Waals surface area contributed by atoms with Crippen LogP contribution in [0.4, 0.5) is 0 Å². The maximum absolute atomic E-state index is 3.63. The molecule has 2 heteroatoms. The van der Waals surface area contributed by atoms with E-state index in [2.05, 4.69) is 53.4 Å². The summed E-state index contributed by atoms with van der Waals surface area (Å²) in [5, 5.41) is 3.54. The number of halogens is 1. The van der Waals surface area contributed by atoms with Crippen molar-refractivity contribution in [1.82, 2.24) is 5.32 Å². The summed E-state index contributed by atoms with van der Waals surface area (Å²) in [6.45, 7) is 2.18. The summed E-state index contributed by atoms with van der Waals surface area (Å²) in [5.41, 5.74) is 2.79. The van der Waals surface area contributed by atoms with Gasteiger partial charge in [-0.1, -0.05) is 28.4 Å². The fourth-order valence-electron chi connectivity index (χ4n) is 4.35. The summed E-state index contributed by atoms with van der Waals surface area (Å²) >= 11 is 3.63. The SMILES string of the molecule is CNC(CC1CC2CCC1C2)c1cc(C)cc(Br)c1. The van der Waals surface area contributed by atoms with Crippen LogP contribution >= 0.6 is 15.9 Å². The molecule has 3 rings (SSSR count). The van der Waals surface area contributed by atoms with Crippen LogP contribution < -0.4 is 5.32 Å². The predicted octanol–water partition coefficient (Wildman–Crippen LogP) is 4.84. The quantitative estimate of drug-likeness (QED) is 0.836. The lowest BCUT2D eigenvalue weighted by atomic mass is 9.82. The number of fused-ring (bicyclic) bond motifs is 2. The maximum Gasteiger partial charge on any atom is 0.0320 e. The van der Waals surface area contributed by atoms with E-state index in [0.29, 0.717) is 6.04 Å². The van der Waals surface area contributed by atoms with Crippen LogP contribution in [0.5, 0.6) is 0 Å². The van der Waals surface area contributed by atoms with E-state index >= 15 is 0 Å². The first-order valence-electron chi connectivity index (χ1n) is 7.60. The van der Waals surface area contributed by atoms with Crippen molar-refractivity contribution in [2.75, 3.05) is 7.05 Å². The zero-order valence-corrected chi connectivity index (χ0v) is 13.5. The number of rotatable bonds is 4. The molecule has 0 spiro atoms. The number of benzene rings is 1. The minimum Gasteiger partial charge on any atom is -0.313 e. The van der Waals surface area contributed by atoms with Gasteiger partial charge in [0.05, 0.1) is 0 Å². The lowest BCUT2D eigenvalue weighted by Crippen LogP contribution is -2.22. The third-order valence-electron chi connectivity index (χ3n) is 5.24. The van der Waals surface area contributed by atoms with Gasteiger partial charge in [-0.25, -0.2) is 0 Å². The van der Waals surface area contributed by atoms with Crippen LogP contribution in [0.15, 0.2) is 22.7 Å². The van der Waals surface area contributed by atoms with Crippen molar-refractivity contribution < 1.29 is 0 Å². The smallest absolute Gasteiger partial charge is 0.0320 e. The van der Waals surface area contributed by atoms with E-state index < -0.39 is 0 Å². The monoisotopic (exact) mass is 321 g/mol. The zero-order valence-electron chi connectivity index (χ0n) is 12.0. The highest BCUT2D eigenvalue weighted by molar-refractivity contribution is 9.10. The molecule has 0 aliphatic heterocycles. The highest BCUT2D eigenvalue weighted by Gasteiger charge is 2.40. The average Bonchev–Trinajstić information content (AvgIpc) is 2.96. The molecule has 1 aromatic carbocycles. The summed E-state index contributed by atoms with van der Waals surface area (Å²) in [5.74, 6) is 3.03. The largest absolute Gasteiger partial charge is 0.313 e. The molecule has 19 heavy (non-hydrogen) atoms. The average molecular weight is 322 g/mol. The van der Waals surface area contributed by atoms with Gasteiger partial charge < -0.3 is 5.32 Å². The van der Waals surface area contributed by atoms with Crippen LogP contribution in [-0.2, 0) is 0 Å². The van der Waals surface area contributed by atoms with Crippen molar-refractivity contribution in [2.45, 2.75) is 45.1 Å². The second kappa shape index (κ2) is 5.57. The molecule has 0 aromatic heterocycles. The zero-order chi connectivity index (χ0) is 13.4. The van der Waals surface area contributed by atoms with Crippen LogP contribution in [0, 0.1) is 24.7 Å². The van der Waals surface area contributed by atoms with E-state index in [1.54, 1.807) is 0 Å². The summed E-state index contributed by atoms with van der Waals surface area (Å²) in [7, 11) is 2.11. The van der Waals surface area contributed by atoms with Crippen molar-refractivity contribution in [1.29, 1.82) is 0 Å². The Morgan fingerprint density at radius 3 is 2.68 bits per heavy atom. The van der Waals surface area contributed by atoms with E-state index in [4.69, 9.17) is 0 Å². The first kappa shape index (κ1) is 13.6. The molecule has 1 nitrogen and oxygen atoms in total. The first-order chi connectivity index (χ1) is 9.15. The van der Waals surface area contributed by atoms with Crippen LogP contribution in [0.3, 0.4) is 0 Å². The van der Waals surface area contributed by atoms with Gasteiger partial charge in [0.2, 0.25) is 0 Å². The van der Waals surface area contributed by atoms with Gasteiger partial charge in [0.15, 0.2) is 0 Å². The van der Waals surface area contributed by atoms with Gasteiger partial charge >= 0.3 is 0 Å². The van der Waals surface area contributed by atoms with Crippen LogP contribution in [0.2, 0.25) is 0 Å². The van der Waals surface area contributed by atoms with Gasteiger partial charge in [0.25, 0.3) is 0 Å². The summed E-state index contributed by atoms with van der Waals surface area (Å²) in [4.78, 5) is 0. The lowest BCUT2D eigenvalue weighted by Gasteiger charge is -2.27. The minimum absolute atomic E-state index is 0.514.